The smallest absolute Gasteiger partial charge is 0.317 e. The summed E-state index contributed by atoms with van der Waals surface area (Å²) in [6.07, 6.45) is 1.29. The summed E-state index contributed by atoms with van der Waals surface area (Å²) in [6, 6.07) is 5.05. The Labute approximate surface area is 162 Å². The molecule has 1 heterocycles. The van der Waals surface area contributed by atoms with E-state index in [0.29, 0.717) is 38.2 Å². The molecule has 0 spiro atoms. The molecule has 0 atom stereocenters. The average Bonchev–Trinajstić information content (AvgIpc) is 2.61. The van der Waals surface area contributed by atoms with Crippen molar-refractivity contribution in [2.24, 2.45) is 0 Å². The lowest BCUT2D eigenvalue weighted by molar-refractivity contribution is -0.139. The summed E-state index contributed by atoms with van der Waals surface area (Å²) in [6.45, 7) is 9.05. The van der Waals surface area contributed by atoms with Crippen molar-refractivity contribution in [2.75, 3.05) is 26.2 Å². The van der Waals surface area contributed by atoms with Gasteiger partial charge in [0, 0.05) is 19.1 Å². The quantitative estimate of drug-likeness (QED) is 0.723. The second kappa shape index (κ2) is 9.03. The van der Waals surface area contributed by atoms with Crippen molar-refractivity contribution in [1.29, 1.82) is 0 Å². The first-order valence-corrected chi connectivity index (χ1v) is 10.8. The molecular formula is C19H30N2O5S. The van der Waals surface area contributed by atoms with Crippen LogP contribution in [-0.2, 0) is 14.8 Å². The normalized spacial score (nSPS) is 16.8. The van der Waals surface area contributed by atoms with Crippen LogP contribution in [0.3, 0.4) is 0 Å². The summed E-state index contributed by atoms with van der Waals surface area (Å²) < 4.78 is 33.1. The van der Waals surface area contributed by atoms with Crippen molar-refractivity contribution < 1.29 is 23.1 Å². The third-order valence-corrected chi connectivity index (χ3v) is 6.73. The molecule has 0 saturated carbocycles. The number of nitrogens with zero attached hydrogens (tertiary/aromatic N) is 2. The third-order valence-electron chi connectivity index (χ3n) is 4.83. The van der Waals surface area contributed by atoms with Gasteiger partial charge in [0.15, 0.2) is 0 Å². The van der Waals surface area contributed by atoms with Gasteiger partial charge in [-0.25, -0.2) is 8.42 Å². The first-order chi connectivity index (χ1) is 12.6. The van der Waals surface area contributed by atoms with Gasteiger partial charge in [0.1, 0.15) is 5.75 Å². The SMILES string of the molecule is CCN(CC(=O)O)C1CCN(S(=O)(=O)c2ccc(OC(C)C)c(C)c2)CC1. The Morgan fingerprint density at radius 2 is 1.96 bits per heavy atom. The lowest BCUT2D eigenvalue weighted by Crippen LogP contribution is -2.48. The summed E-state index contributed by atoms with van der Waals surface area (Å²) in [5.41, 5.74) is 0.790. The molecule has 0 aromatic heterocycles. The van der Waals surface area contributed by atoms with E-state index in [1.54, 1.807) is 18.2 Å². The number of ether oxygens (including phenoxy) is 1. The maximum absolute atomic E-state index is 13.0. The first-order valence-electron chi connectivity index (χ1n) is 9.38. The summed E-state index contributed by atoms with van der Waals surface area (Å²) in [7, 11) is -3.57. The second-order valence-corrected chi connectivity index (χ2v) is 9.12. The van der Waals surface area contributed by atoms with Crippen LogP contribution in [-0.4, -0.2) is 67.0 Å². The molecule has 1 saturated heterocycles. The molecule has 1 aromatic rings. The summed E-state index contributed by atoms with van der Waals surface area (Å²) in [4.78, 5) is 13.2. The van der Waals surface area contributed by atoms with E-state index in [1.165, 1.54) is 4.31 Å². The molecule has 7 nitrogen and oxygen atoms in total. The highest BCUT2D eigenvalue weighted by Gasteiger charge is 2.32. The van der Waals surface area contributed by atoms with E-state index in [4.69, 9.17) is 9.84 Å². The minimum Gasteiger partial charge on any atom is -0.491 e. The number of aryl methyl sites for hydroxylation is 1. The second-order valence-electron chi connectivity index (χ2n) is 7.19. The zero-order valence-corrected chi connectivity index (χ0v) is 17.3. The zero-order chi connectivity index (χ0) is 20.2. The van der Waals surface area contributed by atoms with Crippen molar-refractivity contribution in [3.8, 4) is 5.75 Å². The molecule has 8 heteroatoms. The Morgan fingerprint density at radius 1 is 1.33 bits per heavy atom. The number of carboxylic acids is 1. The Balaban J connectivity index is 2.08. The molecular weight excluding hydrogens is 368 g/mol. The van der Waals surface area contributed by atoms with Crippen LogP contribution in [0.4, 0.5) is 0 Å². The number of carbonyl (C=O) groups is 1. The molecule has 152 valence electrons. The molecule has 2 rings (SSSR count). The third kappa shape index (κ3) is 5.43. The lowest BCUT2D eigenvalue weighted by atomic mass is 10.0. The maximum atomic E-state index is 13.0. The Bertz CT molecular complexity index is 755. The number of sulfonamides is 1. The van der Waals surface area contributed by atoms with Crippen molar-refractivity contribution >= 4 is 16.0 Å². The van der Waals surface area contributed by atoms with E-state index in [2.05, 4.69) is 0 Å². The molecule has 1 fully saturated rings. The van der Waals surface area contributed by atoms with Crippen molar-refractivity contribution in [2.45, 2.75) is 57.6 Å². The molecule has 1 aliphatic heterocycles. The fourth-order valence-corrected chi connectivity index (χ4v) is 4.99. The van der Waals surface area contributed by atoms with E-state index in [0.717, 1.165) is 5.56 Å². The van der Waals surface area contributed by atoms with E-state index in [1.807, 2.05) is 32.6 Å². The highest BCUT2D eigenvalue weighted by molar-refractivity contribution is 7.89. The fraction of sp³-hybridized carbons (Fsp3) is 0.632. The van der Waals surface area contributed by atoms with Gasteiger partial charge in [-0.2, -0.15) is 4.31 Å². The first kappa shape index (κ1) is 21.7. The van der Waals surface area contributed by atoms with Gasteiger partial charge >= 0.3 is 5.97 Å². The van der Waals surface area contributed by atoms with Crippen molar-refractivity contribution in [3.05, 3.63) is 23.8 Å². The van der Waals surface area contributed by atoms with Gasteiger partial charge in [-0.15, -0.1) is 0 Å². The van der Waals surface area contributed by atoms with Crippen LogP contribution in [0, 0.1) is 6.92 Å². The summed E-state index contributed by atoms with van der Waals surface area (Å²) in [5.74, 6) is -0.166. The van der Waals surface area contributed by atoms with Gasteiger partial charge in [0.25, 0.3) is 0 Å². The molecule has 1 N–H and O–H groups in total. The molecule has 0 radical (unpaired) electrons. The Kier molecular flexibility index (Phi) is 7.25. The maximum Gasteiger partial charge on any atom is 0.317 e. The van der Waals surface area contributed by atoms with Crippen LogP contribution in [0.2, 0.25) is 0 Å². The van der Waals surface area contributed by atoms with E-state index < -0.39 is 16.0 Å². The Hall–Kier alpha value is -1.64. The number of likely N-dealkylation sites (N-methyl/N-ethyl adjacent to an activating group) is 1. The van der Waals surface area contributed by atoms with E-state index in [9.17, 15) is 13.2 Å². The zero-order valence-electron chi connectivity index (χ0n) is 16.5. The molecule has 0 amide bonds. The van der Waals surface area contributed by atoms with Crippen LogP contribution in [0.15, 0.2) is 23.1 Å². The minimum atomic E-state index is -3.57. The molecule has 1 aliphatic rings. The van der Waals surface area contributed by atoms with Crippen molar-refractivity contribution in [3.63, 3.8) is 0 Å². The number of rotatable bonds is 8. The van der Waals surface area contributed by atoms with Gasteiger partial charge in [-0.1, -0.05) is 6.92 Å². The van der Waals surface area contributed by atoms with E-state index >= 15 is 0 Å². The number of benzene rings is 1. The van der Waals surface area contributed by atoms with Crippen LogP contribution in [0.25, 0.3) is 0 Å². The number of carboxylic acid groups (broad SMARTS) is 1. The number of aliphatic carboxylic acids is 1. The highest BCUT2D eigenvalue weighted by Crippen LogP contribution is 2.27. The lowest BCUT2D eigenvalue weighted by Gasteiger charge is -2.36. The monoisotopic (exact) mass is 398 g/mol. The molecule has 0 bridgehead atoms. The van der Waals surface area contributed by atoms with Gasteiger partial charge < -0.3 is 9.84 Å². The van der Waals surface area contributed by atoms with Crippen LogP contribution < -0.4 is 4.74 Å². The van der Waals surface area contributed by atoms with Crippen LogP contribution >= 0.6 is 0 Å². The summed E-state index contributed by atoms with van der Waals surface area (Å²) in [5, 5.41) is 9.02. The molecule has 27 heavy (non-hydrogen) atoms. The van der Waals surface area contributed by atoms with Crippen LogP contribution in [0.1, 0.15) is 39.2 Å². The largest absolute Gasteiger partial charge is 0.491 e. The summed E-state index contributed by atoms with van der Waals surface area (Å²) >= 11 is 0. The standard InChI is InChI=1S/C19H30N2O5S/c1-5-20(13-19(22)23)16-8-10-21(11-9-16)27(24,25)17-6-7-18(15(4)12-17)26-14(2)3/h6-7,12,14,16H,5,8-11,13H2,1-4H3,(H,22,23). The van der Waals surface area contributed by atoms with Gasteiger partial charge in [-0.3, -0.25) is 9.69 Å². The fourth-order valence-electron chi connectivity index (χ4n) is 3.44. The van der Waals surface area contributed by atoms with Crippen molar-refractivity contribution in [1.82, 2.24) is 9.21 Å². The van der Waals surface area contributed by atoms with Gasteiger partial charge in [-0.05, 0) is 63.9 Å². The molecule has 1 aromatic carbocycles. The number of piperidine rings is 1. The molecule has 0 unspecified atom stereocenters. The number of hydrogen-bond donors (Lipinski definition) is 1. The van der Waals surface area contributed by atoms with E-state index in [-0.39, 0.29) is 23.6 Å². The predicted octanol–water partition coefficient (Wildman–Crippen LogP) is 2.34. The van der Waals surface area contributed by atoms with Gasteiger partial charge in [0.05, 0.1) is 17.5 Å². The molecule has 0 aliphatic carbocycles. The minimum absolute atomic E-state index is 0.00950. The predicted molar refractivity (Wildman–Crippen MR) is 104 cm³/mol. The topological polar surface area (TPSA) is 87.2 Å². The number of hydrogen-bond acceptors (Lipinski definition) is 5. The highest BCUT2D eigenvalue weighted by atomic mass is 32.2. The van der Waals surface area contributed by atoms with Crippen LogP contribution in [0.5, 0.6) is 5.75 Å². The average molecular weight is 399 g/mol. The Morgan fingerprint density at radius 3 is 2.44 bits per heavy atom. The van der Waals surface area contributed by atoms with Gasteiger partial charge in [0.2, 0.25) is 10.0 Å².